The number of nitrogens with two attached hydrogens (primary N) is 2. The number of anilines is 1. The number of fused-ring (bicyclic) bond motifs is 1. The van der Waals surface area contributed by atoms with E-state index in [-0.39, 0.29) is 38.5 Å². The second kappa shape index (κ2) is 32.0. The molecule has 3 heterocycles. The van der Waals surface area contributed by atoms with Gasteiger partial charge in [0, 0.05) is 94.7 Å². The summed E-state index contributed by atoms with van der Waals surface area (Å²) in [5, 5.41) is 14.3. The maximum absolute atomic E-state index is 13.9. The summed E-state index contributed by atoms with van der Waals surface area (Å²) in [5.74, 6) is 1.04. The molecule has 1 radical (unpaired) electrons. The summed E-state index contributed by atoms with van der Waals surface area (Å²) in [6.45, 7) is 19.6. The minimum atomic E-state index is -0.570. The van der Waals surface area contributed by atoms with E-state index < -0.39 is 6.09 Å². The molecule has 14 nitrogen and oxygen atoms in total. The molecular weight excluding hydrogens is 1160 g/mol. The minimum absolute atomic E-state index is 0. The number of hydrogen-bond donors (Lipinski definition) is 5. The van der Waals surface area contributed by atoms with Crippen LogP contribution < -0.4 is 21.7 Å². The third kappa shape index (κ3) is 19.3. The van der Waals surface area contributed by atoms with E-state index in [0.29, 0.717) is 59.7 Å². The van der Waals surface area contributed by atoms with E-state index >= 15 is 0 Å². The molecule has 1 saturated heterocycles. The molecule has 1 aromatic heterocycles. The van der Waals surface area contributed by atoms with E-state index in [9.17, 15) is 18.8 Å². The average molecular weight is 1230 g/mol. The molecule has 7 N–H and O–H groups in total. The Kier molecular flexibility index (Phi) is 28.9. The third-order valence-corrected chi connectivity index (χ3v) is 11.7. The fourth-order valence-electron chi connectivity index (χ4n) is 7.42. The number of aromatic amines is 1. The Morgan fingerprint density at radius 3 is 2.33 bits per heavy atom. The summed E-state index contributed by atoms with van der Waals surface area (Å²) in [6.07, 6.45) is 8.62. The van der Waals surface area contributed by atoms with Crippen LogP contribution in [0.15, 0.2) is 88.3 Å². The molecule has 3 unspecified atom stereocenters. The van der Waals surface area contributed by atoms with Gasteiger partial charge < -0.3 is 56.3 Å². The molecule has 1 saturated carbocycles. The van der Waals surface area contributed by atoms with E-state index in [2.05, 4.69) is 78.1 Å². The van der Waals surface area contributed by atoms with Crippen LogP contribution in [0.3, 0.4) is 0 Å². The molecule has 7 rings (SSSR count). The largest absolute Gasteiger partial charge is 0.433 e. The van der Waals surface area contributed by atoms with Crippen LogP contribution in [-0.4, -0.2) is 91.8 Å². The molecule has 3 aliphatic rings. The molecule has 0 bridgehead atoms. The van der Waals surface area contributed by atoms with Gasteiger partial charge in [-0.15, -0.1) is 6.07 Å². The SMILES string of the molecule is C/C=C\N(C(C)=O)c1cc[c-]cc1Cl.C=NOC(=O)NCC1CC1N.CCC(C)C(=Nc1cc(C)c(F)c(C)c1)C1=C(N)CCN(C=O)C1.CO.Cc1cc2cc(C3CCOCC3)ccc2[nH]1.[CH3-].[CH3-].[Md]. The number of carbonyl (C=O) groups is 3. The van der Waals surface area contributed by atoms with Crippen molar-refractivity contribution in [3.05, 3.63) is 132 Å². The molecule has 3 amide bonds. The molecule has 70 heavy (non-hydrogen) atoms. The number of benzene rings is 3. The van der Waals surface area contributed by atoms with Crippen LogP contribution in [0.4, 0.5) is 20.6 Å². The number of ether oxygens (including phenoxy) is 1. The Balaban J connectivity index is 0.000000916. The Hall–Kier alpha value is -6.87. The van der Waals surface area contributed by atoms with E-state index in [0.717, 1.165) is 75.1 Å². The van der Waals surface area contributed by atoms with Crippen molar-refractivity contribution in [2.24, 2.45) is 33.5 Å². The topological polar surface area (TPSA) is 201 Å². The van der Waals surface area contributed by atoms with Crippen molar-refractivity contribution >= 4 is 64.7 Å². The van der Waals surface area contributed by atoms with Crippen molar-refractivity contribution < 1.29 is 33.5 Å². The predicted molar refractivity (Wildman–Crippen MR) is 281 cm³/mol. The summed E-state index contributed by atoms with van der Waals surface area (Å²) in [6, 6.07) is 20.7. The summed E-state index contributed by atoms with van der Waals surface area (Å²) < 4.78 is 19.3. The standard InChI is InChI=1S/C19H26FN3O.C14H17NO.C11H11ClNO.C6H11N3O2.CH4O.2CH3.Md/c1-5-12(2)19(16-10-23(11-24)7-6-17(16)21)22-15-8-13(3)18(20)14(4)9-15;1-10-8-13-9-12(2-3-14(13)15-10)11-4-6-16-7-5-11;1-3-8-13(9(2)14)11-7-5-4-6-10(11)12;1-8-11-6(10)9-3-4-2-5(4)7;1-2;;;/h8-9,11-12H,5-7,10,21H2,1-4H3;2-3,8-9,11,15H,4-7H2,1H3;3,5-8H,1-2H3;4-5H,1-3,7H2,(H,9,10);2H,1H3;2*1H3;/q;;-1;;;2*-1;/b;;8-3-;;;;;. The summed E-state index contributed by atoms with van der Waals surface area (Å²) in [5.41, 5.74) is 20.9. The maximum Gasteiger partial charge on any atom is 0.433 e. The van der Waals surface area contributed by atoms with Gasteiger partial charge in [0.15, 0.2) is 0 Å². The zero-order chi connectivity index (χ0) is 49.6. The van der Waals surface area contributed by atoms with Crippen molar-refractivity contribution in [1.82, 2.24) is 15.2 Å². The van der Waals surface area contributed by atoms with Crippen molar-refractivity contribution in [2.45, 2.75) is 92.5 Å². The van der Waals surface area contributed by atoms with Gasteiger partial charge in [-0.2, -0.15) is 29.8 Å². The van der Waals surface area contributed by atoms with E-state index in [1.165, 1.54) is 34.0 Å². The quantitative estimate of drug-likeness (QED) is 0.0321. The maximum atomic E-state index is 13.9. The molecule has 1 aliphatic carbocycles. The molecule has 0 spiro atoms. The number of H-pyrrole nitrogens is 1. The zero-order valence-corrected chi connectivity index (χ0v) is 45.5. The van der Waals surface area contributed by atoms with Gasteiger partial charge in [-0.3, -0.25) is 19.4 Å². The van der Waals surface area contributed by atoms with Crippen molar-refractivity contribution in [3.63, 3.8) is 0 Å². The number of carbonyl (C=O) groups excluding carboxylic acids is 3. The average Bonchev–Trinajstić information content (AvgIpc) is 3.91. The summed E-state index contributed by atoms with van der Waals surface area (Å²) >= 11 is 5.94. The monoisotopic (exact) mass is 1230 g/mol. The molecule has 2 fully saturated rings. The fraction of sp³-hybridized carbons (Fsp3) is 0.415. The first-order chi connectivity index (χ1) is 32.1. The van der Waals surface area contributed by atoms with Crippen LogP contribution in [0, 0.1) is 59.3 Å². The van der Waals surface area contributed by atoms with Gasteiger partial charge in [0.2, 0.25) is 12.3 Å². The number of amides is 3. The molecular formula is C53H75ClFMdN8O6-3. The smallest absolute Gasteiger partial charge is 0.402 e. The number of aliphatic hydroxyl groups excluding tert-OH is 1. The van der Waals surface area contributed by atoms with Gasteiger partial charge in [0.25, 0.3) is 0 Å². The number of allylic oxidation sites excluding steroid dienone is 1. The Labute approximate surface area is 415 Å². The van der Waals surface area contributed by atoms with Crippen LogP contribution in [0.25, 0.3) is 10.9 Å². The third-order valence-electron chi connectivity index (χ3n) is 11.4. The van der Waals surface area contributed by atoms with Gasteiger partial charge in [0.1, 0.15) is 5.82 Å². The number of rotatable bonds is 11. The van der Waals surface area contributed by atoms with Crippen molar-refractivity contribution in [1.29, 1.82) is 0 Å². The normalized spacial score (nSPS) is 16.5. The second-order valence-corrected chi connectivity index (χ2v) is 16.9. The second-order valence-electron chi connectivity index (χ2n) is 16.5. The first-order valence-corrected chi connectivity index (χ1v) is 22.9. The summed E-state index contributed by atoms with van der Waals surface area (Å²) in [7, 11) is 1.00. The Morgan fingerprint density at radius 2 is 1.79 bits per heavy atom. The molecule has 17 heteroatoms. The van der Waals surface area contributed by atoms with E-state index in [1.54, 1.807) is 61.4 Å². The van der Waals surface area contributed by atoms with Crippen LogP contribution >= 0.6 is 11.6 Å². The number of halogens is 2. The number of aliphatic imine (C=N–C) groups is 1. The van der Waals surface area contributed by atoms with E-state index in [4.69, 9.17) is 37.9 Å². The molecule has 393 valence electrons. The first-order valence-electron chi connectivity index (χ1n) is 22.5. The summed E-state index contributed by atoms with van der Waals surface area (Å²) in [4.78, 5) is 48.6. The number of aliphatic hydroxyl groups is 1. The van der Waals surface area contributed by atoms with Gasteiger partial charge in [-0.1, -0.05) is 31.1 Å². The van der Waals surface area contributed by atoms with Gasteiger partial charge in [0.05, 0.1) is 11.4 Å². The Morgan fingerprint density at radius 1 is 1.14 bits per heavy atom. The zero-order valence-electron chi connectivity index (χ0n) is 42.5. The van der Waals surface area contributed by atoms with Crippen LogP contribution in [0.1, 0.15) is 88.1 Å². The Bertz CT molecular complexity index is 2330. The number of aryl methyl sites for hydroxylation is 3. The van der Waals surface area contributed by atoms with Crippen LogP contribution in [0.5, 0.6) is 0 Å². The van der Waals surface area contributed by atoms with Crippen LogP contribution in [0.2, 0.25) is 5.02 Å². The van der Waals surface area contributed by atoms with E-state index in [1.807, 2.05) is 6.92 Å². The van der Waals surface area contributed by atoms with Crippen molar-refractivity contribution in [3.8, 4) is 0 Å². The number of oxime groups is 1. The molecule has 3 atom stereocenters. The predicted octanol–water partition coefficient (Wildman–Crippen LogP) is 10.2. The van der Waals surface area contributed by atoms with Gasteiger partial charge in [-0.05, 0) is 134 Å². The number of nitrogens with one attached hydrogen (secondary N) is 2. The molecule has 2 aliphatic heterocycles. The minimum Gasteiger partial charge on any atom is -0.402 e. The first kappa shape index (κ1) is 63.1. The number of nitrogens with zero attached hydrogens (tertiary/aromatic N) is 4. The molecule has 4 aromatic rings. The van der Waals surface area contributed by atoms with Gasteiger partial charge >= 0.3 is 6.09 Å². The molecule has 3 aromatic carbocycles. The number of hydrogen-bond acceptors (Lipinski definition) is 10. The van der Waals surface area contributed by atoms with Crippen molar-refractivity contribution in [2.75, 3.05) is 44.9 Å². The van der Waals surface area contributed by atoms with Crippen LogP contribution in [-0.2, 0) is 19.2 Å². The fourth-order valence-corrected chi connectivity index (χ4v) is 7.64. The van der Waals surface area contributed by atoms with Gasteiger partial charge in [-0.25, -0.2) is 9.18 Å². The number of aromatic nitrogens is 1.